The summed E-state index contributed by atoms with van der Waals surface area (Å²) < 4.78 is 1.77. The SMILES string of the molecule is Cc1cc(C)n(CC(=O)N2CCN(c3ncc(Cl)cc3NCc3ccncc3)CC2)n1. The Morgan fingerprint density at radius 3 is 2.55 bits per heavy atom. The van der Waals surface area contributed by atoms with E-state index in [-0.39, 0.29) is 12.5 Å². The summed E-state index contributed by atoms with van der Waals surface area (Å²) in [5, 5.41) is 8.41. The van der Waals surface area contributed by atoms with E-state index in [9.17, 15) is 4.79 Å². The minimum atomic E-state index is 0.0888. The van der Waals surface area contributed by atoms with Crippen molar-refractivity contribution in [1.82, 2.24) is 24.6 Å². The Bertz CT molecular complexity index is 1050. The molecule has 0 aliphatic carbocycles. The number of hydrogen-bond donors (Lipinski definition) is 1. The summed E-state index contributed by atoms with van der Waals surface area (Å²) in [4.78, 5) is 25.4. The van der Waals surface area contributed by atoms with Crippen LogP contribution in [0.1, 0.15) is 17.0 Å². The maximum absolute atomic E-state index is 12.7. The van der Waals surface area contributed by atoms with Gasteiger partial charge in [0.25, 0.3) is 0 Å². The third-order valence-corrected chi connectivity index (χ3v) is 5.59. The molecule has 1 N–H and O–H groups in total. The zero-order chi connectivity index (χ0) is 21.8. The molecule has 162 valence electrons. The third kappa shape index (κ3) is 5.14. The fraction of sp³-hybridized carbons (Fsp3) is 0.364. The van der Waals surface area contributed by atoms with Crippen molar-refractivity contribution in [3.63, 3.8) is 0 Å². The lowest BCUT2D eigenvalue weighted by molar-refractivity contribution is -0.132. The topological polar surface area (TPSA) is 79.2 Å². The Morgan fingerprint density at radius 1 is 1.13 bits per heavy atom. The van der Waals surface area contributed by atoms with Gasteiger partial charge in [-0.15, -0.1) is 0 Å². The van der Waals surface area contributed by atoms with Crippen molar-refractivity contribution < 1.29 is 4.79 Å². The molecule has 0 saturated carbocycles. The van der Waals surface area contributed by atoms with Crippen LogP contribution in [-0.2, 0) is 17.9 Å². The van der Waals surface area contributed by atoms with Gasteiger partial charge in [-0.25, -0.2) is 4.98 Å². The van der Waals surface area contributed by atoms with Crippen LogP contribution in [0.15, 0.2) is 42.9 Å². The van der Waals surface area contributed by atoms with Gasteiger partial charge in [0.1, 0.15) is 6.54 Å². The molecule has 31 heavy (non-hydrogen) atoms. The highest BCUT2D eigenvalue weighted by Crippen LogP contribution is 2.28. The van der Waals surface area contributed by atoms with Gasteiger partial charge in [0.15, 0.2) is 5.82 Å². The van der Waals surface area contributed by atoms with Crippen molar-refractivity contribution in [2.24, 2.45) is 0 Å². The summed E-state index contributed by atoms with van der Waals surface area (Å²) >= 11 is 6.20. The Labute approximate surface area is 186 Å². The maximum atomic E-state index is 12.7. The van der Waals surface area contributed by atoms with Crippen molar-refractivity contribution in [3.05, 3.63) is 64.8 Å². The fourth-order valence-electron chi connectivity index (χ4n) is 3.74. The van der Waals surface area contributed by atoms with Crippen LogP contribution in [0.2, 0.25) is 5.02 Å². The summed E-state index contributed by atoms with van der Waals surface area (Å²) in [6, 6.07) is 7.82. The molecule has 1 fully saturated rings. The predicted molar refractivity (Wildman–Crippen MR) is 121 cm³/mol. The first kappa shape index (κ1) is 21.1. The smallest absolute Gasteiger partial charge is 0.244 e. The van der Waals surface area contributed by atoms with Crippen LogP contribution in [0.4, 0.5) is 11.5 Å². The first-order valence-corrected chi connectivity index (χ1v) is 10.7. The van der Waals surface area contributed by atoms with Gasteiger partial charge in [-0.2, -0.15) is 5.10 Å². The number of hydrogen-bond acceptors (Lipinski definition) is 6. The highest BCUT2D eigenvalue weighted by atomic mass is 35.5. The lowest BCUT2D eigenvalue weighted by Gasteiger charge is -2.36. The summed E-state index contributed by atoms with van der Waals surface area (Å²) in [7, 11) is 0. The molecule has 1 amide bonds. The fourth-order valence-corrected chi connectivity index (χ4v) is 3.90. The normalized spacial score (nSPS) is 14.0. The number of amides is 1. The molecule has 3 aromatic rings. The van der Waals surface area contributed by atoms with Crippen LogP contribution >= 0.6 is 11.6 Å². The van der Waals surface area contributed by atoms with Gasteiger partial charge in [0.05, 0.1) is 16.4 Å². The summed E-state index contributed by atoms with van der Waals surface area (Å²) in [6.07, 6.45) is 5.21. The molecule has 0 atom stereocenters. The van der Waals surface area contributed by atoms with Crippen LogP contribution in [-0.4, -0.2) is 56.7 Å². The van der Waals surface area contributed by atoms with Gasteiger partial charge in [0.2, 0.25) is 5.91 Å². The molecular formula is C22H26ClN7O. The number of carbonyl (C=O) groups excluding carboxylic acids is 1. The highest BCUT2D eigenvalue weighted by molar-refractivity contribution is 6.30. The summed E-state index contributed by atoms with van der Waals surface area (Å²) in [6.45, 7) is 7.54. The molecule has 1 aliphatic heterocycles. The van der Waals surface area contributed by atoms with Gasteiger partial charge < -0.3 is 15.1 Å². The van der Waals surface area contributed by atoms with Crippen LogP contribution in [0.5, 0.6) is 0 Å². The second kappa shape index (κ2) is 9.34. The van der Waals surface area contributed by atoms with Gasteiger partial charge in [-0.3, -0.25) is 14.5 Å². The molecule has 0 unspecified atom stereocenters. The lowest BCUT2D eigenvalue weighted by Crippen LogP contribution is -2.50. The number of piperazine rings is 1. The second-order valence-corrected chi connectivity index (χ2v) is 8.12. The van der Waals surface area contributed by atoms with Gasteiger partial charge >= 0.3 is 0 Å². The van der Waals surface area contributed by atoms with E-state index in [1.165, 1.54) is 0 Å². The van der Waals surface area contributed by atoms with E-state index < -0.39 is 0 Å². The van der Waals surface area contributed by atoms with E-state index in [0.29, 0.717) is 37.7 Å². The molecule has 4 rings (SSSR count). The van der Waals surface area contributed by atoms with E-state index in [1.807, 2.05) is 43.0 Å². The van der Waals surface area contributed by atoms with Crippen molar-refractivity contribution in [2.75, 3.05) is 36.4 Å². The van der Waals surface area contributed by atoms with Crippen LogP contribution in [0.25, 0.3) is 0 Å². The summed E-state index contributed by atoms with van der Waals surface area (Å²) in [5.74, 6) is 0.940. The zero-order valence-electron chi connectivity index (χ0n) is 17.8. The number of anilines is 2. The predicted octanol–water partition coefficient (Wildman–Crippen LogP) is 2.90. The molecule has 4 heterocycles. The van der Waals surface area contributed by atoms with Crippen molar-refractivity contribution in [2.45, 2.75) is 26.9 Å². The Balaban J connectivity index is 1.39. The number of carbonyl (C=O) groups is 1. The van der Waals surface area contributed by atoms with Crippen LogP contribution in [0.3, 0.4) is 0 Å². The molecule has 0 spiro atoms. The second-order valence-electron chi connectivity index (χ2n) is 7.69. The maximum Gasteiger partial charge on any atom is 0.244 e. The number of nitrogens with zero attached hydrogens (tertiary/aromatic N) is 6. The number of aromatic nitrogens is 4. The number of rotatable bonds is 6. The minimum Gasteiger partial charge on any atom is -0.378 e. The molecule has 1 saturated heterocycles. The molecular weight excluding hydrogens is 414 g/mol. The number of aryl methyl sites for hydroxylation is 2. The molecule has 1 aliphatic rings. The van der Waals surface area contributed by atoms with E-state index in [1.54, 1.807) is 23.3 Å². The van der Waals surface area contributed by atoms with Gasteiger partial charge in [-0.05, 0) is 43.7 Å². The average molecular weight is 440 g/mol. The van der Waals surface area contributed by atoms with E-state index in [2.05, 4.69) is 25.3 Å². The quantitative estimate of drug-likeness (QED) is 0.636. The number of pyridine rings is 2. The standard InChI is InChI=1S/C22H26ClN7O/c1-16-11-17(2)30(27-16)15-21(31)28-7-9-29(10-8-28)22-20(12-19(23)14-26-22)25-13-18-3-5-24-6-4-18/h3-6,11-12,14,25H,7-10,13,15H2,1-2H3. The monoisotopic (exact) mass is 439 g/mol. The summed E-state index contributed by atoms with van der Waals surface area (Å²) in [5.41, 5.74) is 3.93. The molecule has 0 aromatic carbocycles. The first-order valence-electron chi connectivity index (χ1n) is 10.3. The molecule has 0 bridgehead atoms. The first-order chi connectivity index (χ1) is 15.0. The van der Waals surface area contributed by atoms with Gasteiger partial charge in [0, 0.05) is 57.0 Å². The molecule has 3 aromatic heterocycles. The van der Waals surface area contributed by atoms with Crippen LogP contribution in [0, 0.1) is 13.8 Å². The highest BCUT2D eigenvalue weighted by Gasteiger charge is 2.24. The van der Waals surface area contributed by atoms with Crippen LogP contribution < -0.4 is 10.2 Å². The van der Waals surface area contributed by atoms with Gasteiger partial charge in [-0.1, -0.05) is 11.6 Å². The third-order valence-electron chi connectivity index (χ3n) is 5.39. The minimum absolute atomic E-state index is 0.0888. The van der Waals surface area contributed by atoms with Crippen molar-refractivity contribution >= 4 is 29.0 Å². The lowest BCUT2D eigenvalue weighted by atomic mass is 10.2. The molecule has 8 nitrogen and oxygen atoms in total. The molecule has 9 heteroatoms. The van der Waals surface area contributed by atoms with Crippen molar-refractivity contribution in [1.29, 1.82) is 0 Å². The molecule has 0 radical (unpaired) electrons. The van der Waals surface area contributed by atoms with E-state index in [4.69, 9.17) is 11.6 Å². The average Bonchev–Trinajstić information content (AvgIpc) is 3.09. The Hall–Kier alpha value is -3.13. The van der Waals surface area contributed by atoms with E-state index >= 15 is 0 Å². The zero-order valence-corrected chi connectivity index (χ0v) is 18.5. The number of halogens is 1. The number of nitrogens with one attached hydrogen (secondary N) is 1. The Kier molecular flexibility index (Phi) is 6.36. The Morgan fingerprint density at radius 2 is 1.87 bits per heavy atom. The van der Waals surface area contributed by atoms with E-state index in [0.717, 1.165) is 28.5 Å². The largest absolute Gasteiger partial charge is 0.378 e. The van der Waals surface area contributed by atoms with Crippen molar-refractivity contribution in [3.8, 4) is 0 Å².